The highest BCUT2D eigenvalue weighted by Crippen LogP contribution is 2.24. The summed E-state index contributed by atoms with van der Waals surface area (Å²) in [6, 6.07) is 1.03. The Kier molecular flexibility index (Phi) is 3.72. The summed E-state index contributed by atoms with van der Waals surface area (Å²) in [6.07, 6.45) is 9.16. The van der Waals surface area contributed by atoms with Gasteiger partial charge in [0.1, 0.15) is 5.82 Å². The van der Waals surface area contributed by atoms with Crippen LogP contribution < -0.4 is 10.2 Å². The van der Waals surface area contributed by atoms with Crippen LogP contribution in [0, 0.1) is 0 Å². The lowest BCUT2D eigenvalue weighted by Crippen LogP contribution is -2.50. The van der Waals surface area contributed by atoms with Gasteiger partial charge in [-0.05, 0) is 33.2 Å². The van der Waals surface area contributed by atoms with Crippen LogP contribution in [-0.2, 0) is 0 Å². The number of nitrogens with zero attached hydrogens (tertiary/aromatic N) is 3. The number of hydrogen-bond donors (Lipinski definition) is 1. The van der Waals surface area contributed by atoms with Gasteiger partial charge in [-0.2, -0.15) is 0 Å². The first-order valence-corrected chi connectivity index (χ1v) is 6.03. The Hall–Kier alpha value is -1.16. The molecule has 0 aromatic carbocycles. The average Bonchev–Trinajstić information content (AvgIpc) is 2.39. The number of likely N-dealkylation sites (N-methyl/N-ethyl adjacent to an activating group) is 1. The number of rotatable bonds is 3. The van der Waals surface area contributed by atoms with E-state index >= 15 is 0 Å². The number of aromatic nitrogens is 2. The van der Waals surface area contributed by atoms with Crippen molar-refractivity contribution in [3.8, 4) is 0 Å². The molecule has 0 spiro atoms. The van der Waals surface area contributed by atoms with E-state index in [0.717, 1.165) is 12.4 Å². The lowest BCUT2D eigenvalue weighted by Gasteiger charge is -2.39. The molecule has 0 radical (unpaired) electrons. The molecule has 0 saturated carbocycles. The third-order valence-corrected chi connectivity index (χ3v) is 3.43. The van der Waals surface area contributed by atoms with E-state index in [4.69, 9.17) is 0 Å². The van der Waals surface area contributed by atoms with Gasteiger partial charge in [0.2, 0.25) is 0 Å². The van der Waals surface area contributed by atoms with Gasteiger partial charge in [0.25, 0.3) is 0 Å². The molecule has 2 atom stereocenters. The highest BCUT2D eigenvalue weighted by Gasteiger charge is 2.27. The maximum absolute atomic E-state index is 4.40. The fourth-order valence-electron chi connectivity index (χ4n) is 2.39. The quantitative estimate of drug-likeness (QED) is 0.837. The second-order valence-corrected chi connectivity index (χ2v) is 4.40. The minimum atomic E-state index is 0.488. The van der Waals surface area contributed by atoms with Crippen LogP contribution in [0.1, 0.15) is 26.2 Å². The van der Waals surface area contributed by atoms with Gasteiger partial charge in [-0.25, -0.2) is 4.98 Å². The second kappa shape index (κ2) is 5.25. The molecule has 2 rings (SSSR count). The van der Waals surface area contributed by atoms with E-state index in [2.05, 4.69) is 27.1 Å². The van der Waals surface area contributed by atoms with Gasteiger partial charge in [0, 0.05) is 31.0 Å². The van der Waals surface area contributed by atoms with Gasteiger partial charge in [-0.15, -0.1) is 0 Å². The van der Waals surface area contributed by atoms with Gasteiger partial charge < -0.3 is 10.2 Å². The number of anilines is 1. The highest BCUT2D eigenvalue weighted by molar-refractivity contribution is 5.38. The van der Waals surface area contributed by atoms with Crippen molar-refractivity contribution in [2.24, 2.45) is 0 Å². The van der Waals surface area contributed by atoms with E-state index < -0.39 is 0 Å². The zero-order valence-corrected chi connectivity index (χ0v) is 10.1. The van der Waals surface area contributed by atoms with Crippen LogP contribution in [0.4, 0.5) is 5.82 Å². The summed E-state index contributed by atoms with van der Waals surface area (Å²) in [5.41, 5.74) is 0. The number of hydrogen-bond acceptors (Lipinski definition) is 4. The minimum Gasteiger partial charge on any atom is -0.351 e. The molecule has 4 nitrogen and oxygen atoms in total. The van der Waals surface area contributed by atoms with Crippen LogP contribution >= 0.6 is 0 Å². The van der Waals surface area contributed by atoms with Crippen LogP contribution in [0.2, 0.25) is 0 Å². The molecule has 1 aromatic heterocycles. The Balaban J connectivity index is 2.16. The van der Waals surface area contributed by atoms with E-state index in [-0.39, 0.29) is 0 Å². The molecule has 1 saturated heterocycles. The van der Waals surface area contributed by atoms with Crippen molar-refractivity contribution in [3.05, 3.63) is 18.6 Å². The van der Waals surface area contributed by atoms with E-state index in [1.165, 1.54) is 19.3 Å². The Labute approximate surface area is 97.1 Å². The first-order chi connectivity index (χ1) is 7.83. The molecular weight excluding hydrogens is 200 g/mol. The molecule has 16 heavy (non-hydrogen) atoms. The topological polar surface area (TPSA) is 41.0 Å². The molecule has 0 bridgehead atoms. The van der Waals surface area contributed by atoms with Crippen molar-refractivity contribution in [3.63, 3.8) is 0 Å². The zero-order valence-electron chi connectivity index (χ0n) is 10.1. The summed E-state index contributed by atoms with van der Waals surface area (Å²) in [6.45, 7) is 3.33. The van der Waals surface area contributed by atoms with Crippen molar-refractivity contribution in [2.45, 2.75) is 38.3 Å². The summed E-state index contributed by atoms with van der Waals surface area (Å²) in [5.74, 6) is 1.01. The first-order valence-electron chi connectivity index (χ1n) is 6.03. The van der Waals surface area contributed by atoms with Gasteiger partial charge in [0.05, 0.1) is 6.20 Å². The maximum Gasteiger partial charge on any atom is 0.147 e. The monoisotopic (exact) mass is 220 g/mol. The van der Waals surface area contributed by atoms with Crippen molar-refractivity contribution in [1.29, 1.82) is 0 Å². The van der Waals surface area contributed by atoms with Crippen molar-refractivity contribution < 1.29 is 0 Å². The van der Waals surface area contributed by atoms with Crippen LogP contribution in [0.25, 0.3) is 0 Å². The number of nitrogens with one attached hydrogen (secondary N) is 1. The SMILES string of the molecule is CNC(C)C1CCCCN1c1cnccn1. The third-order valence-electron chi connectivity index (χ3n) is 3.43. The second-order valence-electron chi connectivity index (χ2n) is 4.40. The molecule has 88 valence electrons. The van der Waals surface area contributed by atoms with E-state index in [1.54, 1.807) is 12.4 Å². The summed E-state index contributed by atoms with van der Waals surface area (Å²) in [5, 5.41) is 3.34. The normalized spacial score (nSPS) is 23.1. The van der Waals surface area contributed by atoms with Gasteiger partial charge in [0.15, 0.2) is 0 Å². The Morgan fingerprint density at radius 1 is 1.44 bits per heavy atom. The first kappa shape index (κ1) is 11.3. The molecule has 2 heterocycles. The smallest absolute Gasteiger partial charge is 0.147 e. The van der Waals surface area contributed by atoms with E-state index in [0.29, 0.717) is 12.1 Å². The Morgan fingerprint density at radius 2 is 2.31 bits per heavy atom. The minimum absolute atomic E-state index is 0.488. The fourth-order valence-corrected chi connectivity index (χ4v) is 2.39. The number of piperidine rings is 1. The largest absolute Gasteiger partial charge is 0.351 e. The van der Waals surface area contributed by atoms with Crippen molar-refractivity contribution in [1.82, 2.24) is 15.3 Å². The third kappa shape index (κ3) is 2.32. The molecule has 1 aromatic rings. The summed E-state index contributed by atoms with van der Waals surface area (Å²) in [4.78, 5) is 10.9. The van der Waals surface area contributed by atoms with Crippen LogP contribution in [0.15, 0.2) is 18.6 Å². The van der Waals surface area contributed by atoms with Gasteiger partial charge in [-0.1, -0.05) is 0 Å². The Morgan fingerprint density at radius 3 is 3.00 bits per heavy atom. The molecule has 1 N–H and O–H groups in total. The predicted molar refractivity (Wildman–Crippen MR) is 65.5 cm³/mol. The lowest BCUT2D eigenvalue weighted by molar-refractivity contribution is 0.380. The summed E-state index contributed by atoms with van der Waals surface area (Å²) in [7, 11) is 2.02. The van der Waals surface area contributed by atoms with Gasteiger partial charge >= 0.3 is 0 Å². The van der Waals surface area contributed by atoms with Crippen LogP contribution in [0.3, 0.4) is 0 Å². The van der Waals surface area contributed by atoms with Crippen molar-refractivity contribution in [2.75, 3.05) is 18.5 Å². The standard InChI is InChI=1S/C12H20N4/c1-10(13-2)11-5-3-4-8-16(11)12-9-14-6-7-15-12/h6-7,9-11,13H,3-5,8H2,1-2H3. The molecule has 1 aliphatic rings. The van der Waals surface area contributed by atoms with Gasteiger partial charge in [-0.3, -0.25) is 4.98 Å². The fraction of sp³-hybridized carbons (Fsp3) is 0.667. The maximum atomic E-state index is 4.40. The molecule has 0 amide bonds. The molecule has 0 aliphatic carbocycles. The van der Waals surface area contributed by atoms with Crippen LogP contribution in [-0.4, -0.2) is 35.6 Å². The van der Waals surface area contributed by atoms with Crippen molar-refractivity contribution >= 4 is 5.82 Å². The van der Waals surface area contributed by atoms with E-state index in [1.807, 2.05) is 13.2 Å². The molecule has 4 heteroatoms. The molecule has 1 fully saturated rings. The lowest BCUT2D eigenvalue weighted by atomic mass is 9.96. The Bertz CT molecular complexity index is 314. The molecular formula is C12H20N4. The summed E-state index contributed by atoms with van der Waals surface area (Å²) >= 11 is 0. The summed E-state index contributed by atoms with van der Waals surface area (Å²) < 4.78 is 0. The molecule has 1 aliphatic heterocycles. The van der Waals surface area contributed by atoms with E-state index in [9.17, 15) is 0 Å². The zero-order chi connectivity index (χ0) is 11.4. The highest BCUT2D eigenvalue weighted by atomic mass is 15.2. The van der Waals surface area contributed by atoms with Crippen LogP contribution in [0.5, 0.6) is 0 Å². The predicted octanol–water partition coefficient (Wildman–Crippen LogP) is 1.44. The molecule has 2 unspecified atom stereocenters. The average molecular weight is 220 g/mol.